The second-order valence-corrected chi connectivity index (χ2v) is 14.4. The zero-order chi connectivity index (χ0) is 33.8. The largest absolute Gasteiger partial charge is 0.507 e. The first-order chi connectivity index (χ1) is 23.1. The molecule has 260 valence electrons. The summed E-state index contributed by atoms with van der Waals surface area (Å²) < 4.78 is 6.48. The molecule has 0 radical (unpaired) electrons. The molecule has 4 aliphatic heterocycles. The third-order valence-electron chi connectivity index (χ3n) is 10.6. The molecule has 0 aromatic heterocycles. The number of anilines is 1. The number of fused-ring (bicyclic) bond motifs is 1. The molecule has 0 spiro atoms. The predicted molar refractivity (Wildman–Crippen MR) is 183 cm³/mol. The lowest BCUT2D eigenvalue weighted by atomic mass is 9.90. The predicted octanol–water partition coefficient (Wildman–Crippen LogP) is 3.57. The van der Waals surface area contributed by atoms with E-state index in [1.807, 2.05) is 29.2 Å². The molecule has 12 nitrogen and oxygen atoms in total. The Morgan fingerprint density at radius 3 is 2.29 bits per heavy atom. The molecule has 3 fully saturated rings. The molecule has 48 heavy (non-hydrogen) atoms. The molecule has 13 heteroatoms. The van der Waals surface area contributed by atoms with Crippen LogP contribution >= 0.6 is 15.9 Å². The van der Waals surface area contributed by atoms with Crippen molar-refractivity contribution < 1.29 is 34.4 Å². The molecule has 0 unspecified atom stereocenters. The van der Waals surface area contributed by atoms with Gasteiger partial charge in [-0.25, -0.2) is 9.59 Å². The number of phenolic OH excluding ortho intramolecular Hbond substituents is 1. The van der Waals surface area contributed by atoms with Crippen LogP contribution in [0.2, 0.25) is 0 Å². The minimum Gasteiger partial charge on any atom is -0.507 e. The number of carbonyl (C=O) groups excluding carboxylic acids is 3. The van der Waals surface area contributed by atoms with Crippen LogP contribution < -0.4 is 5.32 Å². The maximum Gasteiger partial charge on any atom is 0.410 e. The first-order valence-electron chi connectivity index (χ1n) is 17.1. The van der Waals surface area contributed by atoms with E-state index in [2.05, 4.69) is 26.1 Å². The highest BCUT2D eigenvalue weighted by molar-refractivity contribution is 9.10. The molecule has 6 rings (SSSR count). The molecule has 0 aliphatic carbocycles. The third kappa shape index (κ3) is 7.90. The van der Waals surface area contributed by atoms with Crippen molar-refractivity contribution in [2.75, 3.05) is 57.7 Å². The summed E-state index contributed by atoms with van der Waals surface area (Å²) in [7, 11) is 0. The van der Waals surface area contributed by atoms with Crippen molar-refractivity contribution in [3.05, 3.63) is 58.1 Å². The maximum atomic E-state index is 13.9. The molecule has 2 aromatic rings. The average molecular weight is 729 g/mol. The van der Waals surface area contributed by atoms with Gasteiger partial charge in [-0.2, -0.15) is 0 Å². The van der Waals surface area contributed by atoms with Gasteiger partial charge in [0.25, 0.3) is 5.91 Å². The molecular weight excluding hydrogens is 682 g/mol. The van der Waals surface area contributed by atoms with Crippen molar-refractivity contribution in [1.29, 1.82) is 0 Å². The average Bonchev–Trinajstić information content (AvgIpc) is 3.27. The van der Waals surface area contributed by atoms with Gasteiger partial charge in [-0.15, -0.1) is 0 Å². The van der Waals surface area contributed by atoms with Gasteiger partial charge in [0.1, 0.15) is 5.75 Å². The van der Waals surface area contributed by atoms with E-state index in [9.17, 15) is 29.7 Å². The molecule has 4 aliphatic rings. The number of carbonyl (C=O) groups is 3. The second-order valence-electron chi connectivity index (χ2n) is 13.6. The van der Waals surface area contributed by atoms with E-state index < -0.39 is 17.8 Å². The van der Waals surface area contributed by atoms with Crippen LogP contribution in [0.3, 0.4) is 0 Å². The summed E-state index contributed by atoms with van der Waals surface area (Å²) in [5.41, 5.74) is 1.69. The number of para-hydroxylation sites is 1. The van der Waals surface area contributed by atoms with Crippen LogP contribution in [0.4, 0.5) is 15.3 Å². The number of halogens is 1. The van der Waals surface area contributed by atoms with Crippen molar-refractivity contribution in [2.45, 2.75) is 75.2 Å². The van der Waals surface area contributed by atoms with Crippen LogP contribution in [0.5, 0.6) is 5.75 Å². The van der Waals surface area contributed by atoms with Gasteiger partial charge in [-0.1, -0.05) is 24.3 Å². The standard InChI is InChI=1S/C35H46BrN5O7/c36-28-21-24(5-6-30(28)43)22-31(32(44)39-14-8-26(9-15-39)38-19-12-35(47,23-42)13-20-38)48-34(46)40-16-10-27(11-17-40)41-18-7-25-3-1-2-4-29(25)37-33(41)45/h1-6,21,26-27,31,42-43,47H,7-20,22-23H2,(H,37,45)/t31-/m1/s1. The van der Waals surface area contributed by atoms with Gasteiger partial charge in [-0.05, 0) is 90.2 Å². The highest BCUT2D eigenvalue weighted by Crippen LogP contribution is 2.29. The summed E-state index contributed by atoms with van der Waals surface area (Å²) in [5.74, 6) is -0.157. The Balaban J connectivity index is 1.06. The number of hydrogen-bond acceptors (Lipinski definition) is 8. The zero-order valence-corrected chi connectivity index (χ0v) is 28.8. The number of nitrogens with one attached hydrogen (secondary N) is 1. The Hall–Kier alpha value is -3.39. The minimum atomic E-state index is -1.03. The number of likely N-dealkylation sites (tertiary alicyclic amines) is 3. The summed E-state index contributed by atoms with van der Waals surface area (Å²) in [5, 5.41) is 32.9. The van der Waals surface area contributed by atoms with Gasteiger partial charge in [0.15, 0.2) is 6.10 Å². The van der Waals surface area contributed by atoms with Gasteiger partial charge in [0.05, 0.1) is 16.7 Å². The third-order valence-corrected chi connectivity index (χ3v) is 11.2. The van der Waals surface area contributed by atoms with E-state index in [0.717, 1.165) is 36.1 Å². The number of ether oxygens (including phenoxy) is 1. The maximum absolute atomic E-state index is 13.9. The minimum absolute atomic E-state index is 0.00576. The number of benzene rings is 2. The monoisotopic (exact) mass is 727 g/mol. The molecule has 4 N–H and O–H groups in total. The highest BCUT2D eigenvalue weighted by atomic mass is 79.9. The van der Waals surface area contributed by atoms with Crippen LogP contribution in [0.25, 0.3) is 0 Å². The highest BCUT2D eigenvalue weighted by Gasteiger charge is 2.38. The lowest BCUT2D eigenvalue weighted by Crippen LogP contribution is -2.54. The number of aliphatic hydroxyl groups excluding tert-OH is 1. The lowest BCUT2D eigenvalue weighted by molar-refractivity contribution is -0.143. The number of aromatic hydroxyl groups is 1. The number of piperidine rings is 3. The van der Waals surface area contributed by atoms with Crippen LogP contribution in [-0.4, -0.2) is 129 Å². The fourth-order valence-electron chi connectivity index (χ4n) is 7.48. The van der Waals surface area contributed by atoms with E-state index in [1.54, 1.807) is 28.0 Å². The summed E-state index contributed by atoms with van der Waals surface area (Å²) in [6.07, 6.45) is 3.18. The number of urea groups is 1. The summed E-state index contributed by atoms with van der Waals surface area (Å²) >= 11 is 3.35. The molecule has 4 heterocycles. The quantitative estimate of drug-likeness (QED) is 0.339. The number of rotatable bonds is 7. The first-order valence-corrected chi connectivity index (χ1v) is 17.9. The Bertz CT molecular complexity index is 1470. The Kier molecular flexibility index (Phi) is 10.8. The first kappa shape index (κ1) is 34.5. The fourth-order valence-corrected chi connectivity index (χ4v) is 7.91. The lowest BCUT2D eigenvalue weighted by Gasteiger charge is -2.44. The van der Waals surface area contributed by atoms with Crippen LogP contribution in [0, 0.1) is 0 Å². The van der Waals surface area contributed by atoms with Crippen LogP contribution in [0.1, 0.15) is 49.7 Å². The Morgan fingerprint density at radius 1 is 0.938 bits per heavy atom. The number of phenols is 1. The number of nitrogens with zero attached hydrogens (tertiary/aromatic N) is 4. The van der Waals surface area contributed by atoms with Gasteiger partial charge < -0.3 is 45.0 Å². The normalized spacial score (nSPS) is 21.6. The Labute approximate surface area is 289 Å². The Morgan fingerprint density at radius 2 is 1.60 bits per heavy atom. The van der Waals surface area contributed by atoms with Crippen molar-refractivity contribution in [3.8, 4) is 5.75 Å². The van der Waals surface area contributed by atoms with Crippen LogP contribution in [0.15, 0.2) is 46.9 Å². The number of aliphatic hydroxyl groups is 2. The second kappa shape index (κ2) is 15.0. The van der Waals surface area contributed by atoms with Crippen molar-refractivity contribution >= 4 is 39.6 Å². The smallest absolute Gasteiger partial charge is 0.410 e. The van der Waals surface area contributed by atoms with Crippen LogP contribution in [-0.2, 0) is 22.4 Å². The van der Waals surface area contributed by atoms with Gasteiger partial charge >= 0.3 is 12.1 Å². The zero-order valence-electron chi connectivity index (χ0n) is 27.2. The van der Waals surface area contributed by atoms with E-state index in [-0.39, 0.29) is 42.8 Å². The van der Waals surface area contributed by atoms with Gasteiger partial charge in [0, 0.05) is 70.0 Å². The molecule has 1 atom stereocenters. The van der Waals surface area contributed by atoms with E-state index in [0.29, 0.717) is 76.0 Å². The summed E-state index contributed by atoms with van der Waals surface area (Å²) in [6.45, 7) is 3.69. The molecular formula is C35H46BrN5O7. The number of hydrogen-bond donors (Lipinski definition) is 4. The molecule has 4 amide bonds. The number of amides is 4. The molecule has 0 bridgehead atoms. The molecule has 0 saturated carbocycles. The summed E-state index contributed by atoms with van der Waals surface area (Å²) in [4.78, 5) is 48.2. The van der Waals surface area contributed by atoms with E-state index in [4.69, 9.17) is 4.74 Å². The van der Waals surface area contributed by atoms with Gasteiger partial charge in [-0.3, -0.25) is 4.79 Å². The topological polar surface area (TPSA) is 146 Å². The van der Waals surface area contributed by atoms with Gasteiger partial charge in [0.2, 0.25) is 0 Å². The van der Waals surface area contributed by atoms with E-state index >= 15 is 0 Å². The van der Waals surface area contributed by atoms with E-state index in [1.165, 1.54) is 0 Å². The summed E-state index contributed by atoms with van der Waals surface area (Å²) in [6, 6.07) is 13.0. The van der Waals surface area contributed by atoms with Crippen molar-refractivity contribution in [2.24, 2.45) is 0 Å². The van der Waals surface area contributed by atoms with Crippen molar-refractivity contribution in [1.82, 2.24) is 19.6 Å². The van der Waals surface area contributed by atoms with Crippen molar-refractivity contribution in [3.63, 3.8) is 0 Å². The molecule has 3 saturated heterocycles. The molecule has 2 aromatic carbocycles. The fraction of sp³-hybridized carbons (Fsp3) is 0.571. The SMILES string of the molecule is O=C(O[C@H](Cc1ccc(O)c(Br)c1)C(=O)N1CCC(N2CCC(O)(CO)CC2)CC1)N1CCC(N2CCc3ccccc3NC2=O)CC1.